The molecule has 210 valence electrons. The molecule has 0 nitrogen and oxygen atoms in total. The summed E-state index contributed by atoms with van der Waals surface area (Å²) >= 11 is 0. The number of benzene rings is 4. The van der Waals surface area contributed by atoms with Crippen LogP contribution in [-0.2, 0) is 0 Å². The van der Waals surface area contributed by atoms with Gasteiger partial charge in [-0.1, -0.05) is 170 Å². The molecule has 0 spiro atoms. The van der Waals surface area contributed by atoms with Gasteiger partial charge in [0, 0.05) is 0 Å². The van der Waals surface area contributed by atoms with Gasteiger partial charge in [-0.2, -0.15) is 20.7 Å². The third-order valence-corrected chi connectivity index (χ3v) is 94.0. The van der Waals surface area contributed by atoms with E-state index < -0.39 is 29.3 Å². The summed E-state index contributed by atoms with van der Waals surface area (Å²) in [6.45, 7) is 12.8. The molecular weight excluding hydrogens is 657 g/mol. The molecule has 3 heterocycles. The van der Waals surface area contributed by atoms with E-state index in [0.29, 0.717) is 0 Å². The molecule has 7 rings (SSSR count). The van der Waals surface area contributed by atoms with Gasteiger partial charge in [-0.15, -0.1) is 0 Å². The molecule has 9 heteroatoms. The summed E-state index contributed by atoms with van der Waals surface area (Å²) in [6.07, 6.45) is 0. The van der Waals surface area contributed by atoms with Gasteiger partial charge in [0.25, 0.3) is 0 Å². The van der Waals surface area contributed by atoms with Gasteiger partial charge < -0.3 is 0 Å². The van der Waals surface area contributed by atoms with Crippen molar-refractivity contribution in [2.24, 2.45) is 0 Å². The third-order valence-electron chi connectivity index (χ3n) is 8.07. The van der Waals surface area contributed by atoms with Crippen molar-refractivity contribution >= 4 is 94.3 Å². The average Bonchev–Trinajstić information content (AvgIpc) is 3.59. The van der Waals surface area contributed by atoms with Crippen molar-refractivity contribution < 1.29 is 0 Å². The van der Waals surface area contributed by atoms with Crippen LogP contribution < -0.4 is 21.2 Å². The van der Waals surface area contributed by atoms with Crippen LogP contribution in [0.15, 0.2) is 121 Å². The first-order valence-electron chi connectivity index (χ1n) is 14.3. The van der Waals surface area contributed by atoms with E-state index in [1.807, 2.05) is 7.55 Å². The molecule has 0 fully saturated rings. The minimum absolute atomic E-state index is 0.0845. The minimum atomic E-state index is -1.62. The van der Waals surface area contributed by atoms with E-state index in [0.717, 1.165) is 0 Å². The quantitative estimate of drug-likeness (QED) is 0.123. The fourth-order valence-electron chi connectivity index (χ4n) is 6.80. The fourth-order valence-corrected chi connectivity index (χ4v) is 178. The normalized spacial score (nSPS) is 18.8. The van der Waals surface area contributed by atoms with Gasteiger partial charge in [-0.25, -0.2) is 13.8 Å². The molecular formula is C32H38P7Si2-. The van der Waals surface area contributed by atoms with E-state index in [1.165, 1.54) is 0 Å². The molecule has 0 aliphatic carbocycles. The Labute approximate surface area is 253 Å². The van der Waals surface area contributed by atoms with E-state index in [-0.39, 0.29) is 26.9 Å². The number of rotatable bonds is 6. The highest BCUT2D eigenvalue weighted by Crippen LogP contribution is 3.11. The topological polar surface area (TPSA) is 0 Å². The third kappa shape index (κ3) is 4.14. The van der Waals surface area contributed by atoms with Gasteiger partial charge in [0.1, 0.15) is 0 Å². The lowest BCUT2D eigenvalue weighted by atomic mass is 10.4. The fraction of sp³-hybridized carbons (Fsp3) is 0.188. The summed E-state index contributed by atoms with van der Waals surface area (Å²) in [6, 6.07) is 48.2. The van der Waals surface area contributed by atoms with Crippen molar-refractivity contribution in [3.63, 3.8) is 0 Å². The van der Waals surface area contributed by atoms with Crippen LogP contribution in [0, 0.1) is 0 Å². The largest absolute Gasteiger partial charge is 0.200 e. The molecule has 4 unspecified atom stereocenters. The molecule has 2 aliphatic rings. The summed E-state index contributed by atoms with van der Waals surface area (Å²) in [5.41, 5.74) is 0. The Balaban J connectivity index is 1.72. The van der Waals surface area contributed by atoms with Crippen molar-refractivity contribution in [1.29, 1.82) is 0 Å². The molecule has 0 saturated heterocycles. The highest BCUT2D eigenvalue weighted by molar-refractivity contribution is 9.06. The van der Waals surface area contributed by atoms with Gasteiger partial charge in [0.15, 0.2) is 0 Å². The maximum absolute atomic E-state index is 2.73. The zero-order chi connectivity index (χ0) is 28.6. The minimum Gasteiger partial charge on any atom is -0.200 e. The van der Waals surface area contributed by atoms with Crippen LogP contribution in [0.2, 0.25) is 39.3 Å². The molecule has 41 heavy (non-hydrogen) atoms. The van der Waals surface area contributed by atoms with Crippen molar-refractivity contribution in [2.45, 2.75) is 39.3 Å². The molecule has 1 aromatic heterocycles. The average molecular weight is 696 g/mol. The number of hydrogen-bond donors (Lipinski definition) is 0. The second-order valence-electron chi connectivity index (χ2n) is 13.0. The first kappa shape index (κ1) is 29.1. The van der Waals surface area contributed by atoms with E-state index in [9.17, 15) is 0 Å². The zero-order valence-electron chi connectivity index (χ0n) is 24.7. The highest BCUT2D eigenvalue weighted by Gasteiger charge is 2.49. The van der Waals surface area contributed by atoms with Gasteiger partial charge >= 0.3 is 0 Å². The molecule has 0 saturated carbocycles. The summed E-state index contributed by atoms with van der Waals surface area (Å²) in [4.78, 5) is 0. The lowest BCUT2D eigenvalue weighted by molar-refractivity contribution is 1.76. The summed E-state index contributed by atoms with van der Waals surface area (Å²) in [5.74, 6) is 0. The van der Waals surface area contributed by atoms with Crippen molar-refractivity contribution in [3.05, 3.63) is 121 Å². The Hall–Kier alpha value is -0.586. The van der Waals surface area contributed by atoms with Gasteiger partial charge in [0.05, 0.1) is 16.1 Å². The summed E-state index contributed by atoms with van der Waals surface area (Å²) in [7, 11) is -1.31. The maximum atomic E-state index is 2.73. The van der Waals surface area contributed by atoms with Crippen LogP contribution in [0.4, 0.5) is 0 Å². The Morgan fingerprint density at radius 3 is 0.878 bits per heavy atom. The first-order chi connectivity index (χ1) is 19.6. The molecule has 4 atom stereocenters. The molecule has 2 aliphatic heterocycles. The molecule has 4 bridgehead atoms. The second-order valence-corrected chi connectivity index (χ2v) is 59.5. The van der Waals surface area contributed by atoms with Crippen LogP contribution in [-0.4, -0.2) is 25.5 Å². The SMILES string of the molecule is C[Si](C)(C)C1=P(c2ccccc2)(c2ccccc2)p2[p-]p3p1p2C([Si](C)(C)C)=P3(c1ccccc1)c1ccccc1. The van der Waals surface area contributed by atoms with E-state index in [2.05, 4.69) is 170 Å². The Morgan fingerprint density at radius 2 is 0.659 bits per heavy atom. The number of hydrogen-bond acceptors (Lipinski definition) is 0. The lowest BCUT2D eigenvalue weighted by Crippen LogP contribution is -2.34. The first-order valence-corrected chi connectivity index (χ1v) is 36.1. The smallest absolute Gasteiger partial charge is 0.0698 e. The van der Waals surface area contributed by atoms with Gasteiger partial charge in [-0.3, -0.25) is 0 Å². The predicted octanol–water partition coefficient (Wildman–Crippen LogP) is 11.7. The van der Waals surface area contributed by atoms with E-state index in [1.54, 1.807) is 21.2 Å². The Kier molecular flexibility index (Phi) is 7.47. The second kappa shape index (κ2) is 10.5. The van der Waals surface area contributed by atoms with Crippen molar-refractivity contribution in [3.8, 4) is 0 Å². The molecule has 0 N–H and O–H groups in total. The molecule has 0 radical (unpaired) electrons. The molecule has 0 amide bonds. The van der Waals surface area contributed by atoms with Gasteiger partial charge in [0.2, 0.25) is 0 Å². The summed E-state index contributed by atoms with van der Waals surface area (Å²) < 4.78 is 4.40. The molecule has 4 aromatic carbocycles. The molecule has 5 aromatic rings. The predicted molar refractivity (Wildman–Crippen MR) is 209 cm³/mol. The Bertz CT molecular complexity index is 1670. The van der Waals surface area contributed by atoms with Crippen LogP contribution in [0.1, 0.15) is 0 Å². The van der Waals surface area contributed by atoms with E-state index in [4.69, 9.17) is 0 Å². The maximum Gasteiger partial charge on any atom is 0.0698 e. The van der Waals surface area contributed by atoms with Crippen LogP contribution in [0.5, 0.6) is 0 Å². The zero-order valence-corrected chi connectivity index (χ0v) is 32.9. The lowest BCUT2D eigenvalue weighted by Gasteiger charge is -2.46. The van der Waals surface area contributed by atoms with Crippen LogP contribution in [0.3, 0.4) is 0 Å². The van der Waals surface area contributed by atoms with Crippen LogP contribution in [0.25, 0.3) is 0 Å². The van der Waals surface area contributed by atoms with Gasteiger partial charge in [-0.05, 0) is 34.4 Å². The van der Waals surface area contributed by atoms with E-state index >= 15 is 0 Å². The monoisotopic (exact) mass is 695 g/mol. The van der Waals surface area contributed by atoms with Crippen molar-refractivity contribution in [2.75, 3.05) is 0 Å². The van der Waals surface area contributed by atoms with Crippen LogP contribution >= 0.6 is 47.6 Å². The van der Waals surface area contributed by atoms with Crippen molar-refractivity contribution in [1.82, 2.24) is 0 Å². The standard InChI is InChI=1S/C32H38P7Si2/c1-40(2,3)31-34-35-32(41(4,5)6)39(29-23-15-9-16-24-29,30-25-17-10-18-26-30)36(34)33-37(35)38(31,27-19-11-7-12-20-27)28-21-13-8-14-22-28/h7-26H,1-6H3/q-1. The Morgan fingerprint density at radius 1 is 0.415 bits per heavy atom. The highest BCUT2D eigenvalue weighted by atomic mass is 32.9. The summed E-state index contributed by atoms with van der Waals surface area (Å²) in [5, 5.41) is 6.87.